The lowest BCUT2D eigenvalue weighted by molar-refractivity contribution is -0.122. The lowest BCUT2D eigenvalue weighted by Gasteiger charge is -2.19. The van der Waals surface area contributed by atoms with E-state index in [4.69, 9.17) is 9.15 Å². The van der Waals surface area contributed by atoms with Crippen molar-refractivity contribution in [2.75, 3.05) is 0 Å². The Morgan fingerprint density at radius 1 is 0.923 bits per heavy atom. The number of ether oxygens (including phenoxy) is 1. The van der Waals surface area contributed by atoms with E-state index >= 15 is 0 Å². The number of carbonyl (C=O) groups excluding carboxylic acids is 2. The lowest BCUT2D eigenvalue weighted by Crippen LogP contribution is -2.44. The maximum absolute atomic E-state index is 13.2. The number of ketones is 1. The van der Waals surface area contributed by atoms with Crippen molar-refractivity contribution in [3.8, 4) is 5.75 Å². The van der Waals surface area contributed by atoms with Crippen molar-refractivity contribution in [1.29, 1.82) is 0 Å². The molecule has 0 bridgehead atoms. The highest BCUT2D eigenvalue weighted by Gasteiger charge is 2.24. The predicted molar refractivity (Wildman–Crippen MR) is 150 cm³/mol. The van der Waals surface area contributed by atoms with Crippen LogP contribution in [0.1, 0.15) is 49.1 Å². The van der Waals surface area contributed by atoms with Crippen molar-refractivity contribution in [2.45, 2.75) is 52.3 Å². The molecule has 204 valence electrons. The third-order valence-corrected chi connectivity index (χ3v) is 6.19. The molecule has 8 nitrogen and oxygen atoms in total. The highest BCUT2D eigenvalue weighted by atomic mass is 16.5. The van der Waals surface area contributed by atoms with E-state index in [0.717, 1.165) is 15.8 Å². The summed E-state index contributed by atoms with van der Waals surface area (Å²) in [4.78, 5) is 38.5. The van der Waals surface area contributed by atoms with E-state index in [1.165, 1.54) is 0 Å². The summed E-state index contributed by atoms with van der Waals surface area (Å²) in [5.41, 5.74) is 2.55. The number of nitrogens with one attached hydrogen (secondary N) is 1. The van der Waals surface area contributed by atoms with Crippen LogP contribution >= 0.6 is 0 Å². The highest BCUT2D eigenvalue weighted by molar-refractivity contribution is 5.98. The molecule has 0 spiro atoms. The number of rotatable bonds is 13. The van der Waals surface area contributed by atoms with Gasteiger partial charge in [-0.1, -0.05) is 74.5 Å². The van der Waals surface area contributed by atoms with Crippen molar-refractivity contribution >= 4 is 11.7 Å². The van der Waals surface area contributed by atoms with Gasteiger partial charge in [-0.05, 0) is 54.2 Å². The van der Waals surface area contributed by atoms with E-state index in [-0.39, 0.29) is 31.5 Å². The van der Waals surface area contributed by atoms with Gasteiger partial charge in [0.05, 0.1) is 6.04 Å². The fourth-order valence-corrected chi connectivity index (χ4v) is 4.13. The van der Waals surface area contributed by atoms with Crippen LogP contribution in [0.15, 0.2) is 94.1 Å². The van der Waals surface area contributed by atoms with Crippen LogP contribution in [0.4, 0.5) is 0 Å². The Kier molecular flexibility index (Phi) is 9.45. The normalized spacial score (nSPS) is 11.8. The van der Waals surface area contributed by atoms with Crippen LogP contribution in [0.3, 0.4) is 0 Å². The second-order valence-electron chi connectivity index (χ2n) is 9.83. The summed E-state index contributed by atoms with van der Waals surface area (Å²) in [6.07, 6.45) is 1.53. The summed E-state index contributed by atoms with van der Waals surface area (Å²) in [6.45, 7) is 4.08. The van der Waals surface area contributed by atoms with Crippen molar-refractivity contribution in [3.63, 3.8) is 0 Å². The Hall–Kier alpha value is -4.46. The first kappa shape index (κ1) is 27.6. The zero-order valence-corrected chi connectivity index (χ0v) is 22.2. The maximum atomic E-state index is 13.2. The van der Waals surface area contributed by atoms with Gasteiger partial charge in [-0.15, -0.1) is 5.10 Å². The van der Waals surface area contributed by atoms with Gasteiger partial charge < -0.3 is 14.5 Å². The number of hydrogen-bond acceptors (Lipinski definition) is 6. The van der Waals surface area contributed by atoms with Crippen molar-refractivity contribution in [3.05, 3.63) is 118 Å². The number of Topliss-reactive ketones (excluding diaryl/α,β-unsaturated/α-hetero) is 1. The first-order valence-corrected chi connectivity index (χ1v) is 13.1. The van der Waals surface area contributed by atoms with Gasteiger partial charge in [-0.3, -0.25) is 9.59 Å². The summed E-state index contributed by atoms with van der Waals surface area (Å²) >= 11 is 0. The summed E-state index contributed by atoms with van der Waals surface area (Å²) in [5.74, 6) is -0.325. The minimum Gasteiger partial charge on any atom is -0.489 e. The van der Waals surface area contributed by atoms with Gasteiger partial charge in [0.1, 0.15) is 18.9 Å². The molecule has 0 unspecified atom stereocenters. The molecular formula is C31H35N3O5. The topological polar surface area (TPSA) is 103 Å². The van der Waals surface area contributed by atoms with E-state index in [2.05, 4.69) is 10.4 Å². The van der Waals surface area contributed by atoms with Gasteiger partial charge >= 0.3 is 5.76 Å². The van der Waals surface area contributed by atoms with Gasteiger partial charge in [-0.25, -0.2) is 4.79 Å². The van der Waals surface area contributed by atoms with Gasteiger partial charge in [0.25, 0.3) is 5.91 Å². The maximum Gasteiger partial charge on any atom is 0.437 e. The van der Waals surface area contributed by atoms with Gasteiger partial charge in [0.2, 0.25) is 5.89 Å². The van der Waals surface area contributed by atoms with E-state index in [1.807, 2.05) is 74.5 Å². The van der Waals surface area contributed by atoms with E-state index in [1.54, 1.807) is 24.3 Å². The average Bonchev–Trinajstić information content (AvgIpc) is 3.30. The lowest BCUT2D eigenvalue weighted by atomic mass is 9.99. The number of aryl methyl sites for hydroxylation is 2. The molecule has 0 fully saturated rings. The molecular weight excluding hydrogens is 494 g/mol. The number of amides is 1. The molecule has 4 rings (SSSR count). The Morgan fingerprint density at radius 2 is 1.56 bits per heavy atom. The molecule has 0 saturated heterocycles. The van der Waals surface area contributed by atoms with Gasteiger partial charge in [0, 0.05) is 13.4 Å². The average molecular weight is 530 g/mol. The van der Waals surface area contributed by atoms with Gasteiger partial charge in [-0.2, -0.15) is 4.68 Å². The van der Waals surface area contributed by atoms with Crippen molar-refractivity contribution in [2.24, 2.45) is 5.92 Å². The smallest absolute Gasteiger partial charge is 0.437 e. The van der Waals surface area contributed by atoms with Crippen LogP contribution in [-0.2, 0) is 30.8 Å². The summed E-state index contributed by atoms with van der Waals surface area (Å²) in [5, 5.41) is 7.03. The van der Waals surface area contributed by atoms with Crippen LogP contribution in [0, 0.1) is 5.92 Å². The molecule has 3 aromatic carbocycles. The van der Waals surface area contributed by atoms with E-state index in [0.29, 0.717) is 37.2 Å². The predicted octanol–water partition coefficient (Wildman–Crippen LogP) is 4.86. The largest absolute Gasteiger partial charge is 0.489 e. The third-order valence-electron chi connectivity index (χ3n) is 6.19. The molecule has 0 aliphatic rings. The third kappa shape index (κ3) is 8.26. The molecule has 0 aliphatic carbocycles. The van der Waals surface area contributed by atoms with Crippen molar-refractivity contribution < 1.29 is 20.2 Å². The van der Waals surface area contributed by atoms with Crippen LogP contribution in [0.5, 0.6) is 5.75 Å². The summed E-state index contributed by atoms with van der Waals surface area (Å²) < 4.78 is 12.1. The minimum atomic E-state index is -0.775. The monoisotopic (exact) mass is 529 g/mol. The molecule has 1 heterocycles. The number of hydrogen-bond donors (Lipinski definition) is 1. The highest BCUT2D eigenvalue weighted by Crippen LogP contribution is 2.15. The molecule has 1 amide bonds. The molecule has 39 heavy (non-hydrogen) atoms. The Labute approximate surface area is 229 Å². The zero-order chi connectivity index (χ0) is 27.6. The molecule has 8 heteroatoms. The number of nitrogens with zero attached hydrogens (tertiary/aromatic N) is 2. The Bertz CT molecular complexity index is 1420. The molecule has 1 N–H and O–H groups in total. The van der Waals surface area contributed by atoms with Gasteiger partial charge in [0.15, 0.2) is 5.78 Å². The Morgan fingerprint density at radius 3 is 2.21 bits per heavy atom. The van der Waals surface area contributed by atoms with E-state index in [9.17, 15) is 14.4 Å². The first-order chi connectivity index (χ1) is 18.9. The minimum absolute atomic E-state index is 0. The second-order valence-corrected chi connectivity index (χ2v) is 9.83. The molecule has 4 aromatic rings. The fourth-order valence-electron chi connectivity index (χ4n) is 4.13. The second kappa shape index (κ2) is 13.4. The Balaban J connectivity index is 0.00000441. The molecule has 0 radical (unpaired) electrons. The fraction of sp³-hybridized carbons (Fsp3) is 0.290. The molecule has 0 aliphatic heterocycles. The summed E-state index contributed by atoms with van der Waals surface area (Å²) in [6, 6.07) is 25.6. The molecule has 1 atom stereocenters. The zero-order valence-electron chi connectivity index (χ0n) is 22.2. The van der Waals surface area contributed by atoms with Crippen molar-refractivity contribution in [1.82, 2.24) is 15.1 Å². The number of benzene rings is 3. The van der Waals surface area contributed by atoms with Crippen LogP contribution in [0.25, 0.3) is 0 Å². The molecule has 1 aromatic heterocycles. The number of carbonyl (C=O) groups is 2. The molecule has 0 saturated carbocycles. The van der Waals surface area contributed by atoms with Crippen LogP contribution < -0.4 is 15.8 Å². The number of aromatic nitrogens is 2. The van der Waals surface area contributed by atoms with Crippen LogP contribution in [-0.4, -0.2) is 27.5 Å². The standard InChI is InChI=1S/C31H33N3O5.H2/c1-22(2)19-27(28(35)20-34-31(37)39-29(33-34)18-13-23-9-5-3-6-10-23)32-30(36)25-14-16-26(17-15-25)38-21-24-11-7-4-8-12-24;/h3-12,14-17,22,27H,13,18-21H2,1-2H3,(H,32,36);1H/t27-;/m0./s1. The van der Waals surface area contributed by atoms with Crippen LogP contribution in [0.2, 0.25) is 0 Å². The van der Waals surface area contributed by atoms with E-state index < -0.39 is 11.8 Å². The first-order valence-electron chi connectivity index (χ1n) is 13.1. The SMILES string of the molecule is CC(C)C[C@H](NC(=O)c1ccc(OCc2ccccc2)cc1)C(=O)Cn1nc(CCc2ccccc2)oc1=O.[HH]. The quantitative estimate of drug-likeness (QED) is 0.265. The summed E-state index contributed by atoms with van der Waals surface area (Å²) in [7, 11) is 0.